The van der Waals surface area contributed by atoms with Gasteiger partial charge in [-0.3, -0.25) is 14.3 Å². The Morgan fingerprint density at radius 1 is 0.935 bits per heavy atom. The maximum atomic E-state index is 12.8. The number of rotatable bonds is 5. The molecule has 0 aliphatic rings. The van der Waals surface area contributed by atoms with Crippen LogP contribution < -0.4 is 11.2 Å². The number of hydrogen-bond acceptors (Lipinski definition) is 3. The van der Waals surface area contributed by atoms with Gasteiger partial charge in [0.05, 0.1) is 6.54 Å². The Kier molecular flexibility index (Phi) is 5.39. The van der Waals surface area contributed by atoms with Crippen LogP contribution in [0.25, 0.3) is 22.6 Å². The minimum atomic E-state index is -0.447. The molecule has 0 fully saturated rings. The van der Waals surface area contributed by atoms with Crippen LogP contribution in [0.2, 0.25) is 0 Å². The van der Waals surface area contributed by atoms with Crippen molar-refractivity contribution in [2.45, 2.75) is 52.6 Å². The van der Waals surface area contributed by atoms with E-state index in [1.807, 2.05) is 47.0 Å². The summed E-state index contributed by atoms with van der Waals surface area (Å²) >= 11 is 0. The molecule has 160 valence electrons. The molecule has 0 spiro atoms. The summed E-state index contributed by atoms with van der Waals surface area (Å²) in [6.45, 7) is 9.58. The van der Waals surface area contributed by atoms with Crippen LogP contribution in [0.5, 0.6) is 0 Å². The van der Waals surface area contributed by atoms with Gasteiger partial charge in [-0.2, -0.15) is 0 Å². The van der Waals surface area contributed by atoms with E-state index in [9.17, 15) is 9.59 Å². The molecule has 2 aromatic heterocycles. The number of aromatic nitrogens is 4. The van der Waals surface area contributed by atoms with Gasteiger partial charge in [-0.05, 0) is 23.0 Å². The monoisotopic (exact) mass is 416 g/mol. The predicted molar refractivity (Wildman–Crippen MR) is 125 cm³/mol. The molecule has 0 aliphatic carbocycles. The fourth-order valence-electron chi connectivity index (χ4n) is 3.87. The van der Waals surface area contributed by atoms with E-state index in [-0.39, 0.29) is 5.41 Å². The largest absolute Gasteiger partial charge is 0.330 e. The van der Waals surface area contributed by atoms with Crippen molar-refractivity contribution >= 4 is 11.2 Å². The lowest BCUT2D eigenvalue weighted by molar-refractivity contribution is 0.590. The number of nitrogens with zero attached hydrogens (tertiary/aromatic N) is 3. The van der Waals surface area contributed by atoms with Crippen molar-refractivity contribution in [1.82, 2.24) is 19.1 Å². The predicted octanol–water partition coefficient (Wildman–Crippen LogP) is 4.31. The Morgan fingerprint density at radius 2 is 1.61 bits per heavy atom. The molecule has 2 heterocycles. The van der Waals surface area contributed by atoms with Gasteiger partial charge in [0.2, 0.25) is 0 Å². The first-order valence-electron chi connectivity index (χ1n) is 10.7. The number of H-pyrrole nitrogens is 1. The van der Waals surface area contributed by atoms with Gasteiger partial charge in [-0.25, -0.2) is 9.78 Å². The lowest BCUT2D eigenvalue weighted by Crippen LogP contribution is -2.31. The van der Waals surface area contributed by atoms with Crippen molar-refractivity contribution in [1.29, 1.82) is 0 Å². The molecule has 0 amide bonds. The highest BCUT2D eigenvalue weighted by atomic mass is 16.2. The highest BCUT2D eigenvalue weighted by molar-refractivity contribution is 5.77. The number of aryl methyl sites for hydroxylation is 1. The van der Waals surface area contributed by atoms with E-state index in [1.54, 1.807) is 4.57 Å². The van der Waals surface area contributed by atoms with Crippen molar-refractivity contribution in [2.24, 2.45) is 0 Å². The van der Waals surface area contributed by atoms with Gasteiger partial charge >= 0.3 is 5.69 Å². The average molecular weight is 417 g/mol. The molecule has 2 aromatic carbocycles. The molecule has 0 saturated heterocycles. The van der Waals surface area contributed by atoms with Gasteiger partial charge in [0.15, 0.2) is 11.2 Å². The second-order valence-corrected chi connectivity index (χ2v) is 8.92. The molecule has 6 heteroatoms. The maximum Gasteiger partial charge on any atom is 0.330 e. The first kappa shape index (κ1) is 20.8. The zero-order valence-electron chi connectivity index (χ0n) is 18.5. The Hall–Kier alpha value is -3.41. The molecule has 0 bridgehead atoms. The van der Waals surface area contributed by atoms with Gasteiger partial charge in [-0.15, -0.1) is 0 Å². The molecule has 0 atom stereocenters. The van der Waals surface area contributed by atoms with Crippen LogP contribution in [0.4, 0.5) is 0 Å². The van der Waals surface area contributed by atoms with Crippen LogP contribution in [0, 0.1) is 0 Å². The van der Waals surface area contributed by atoms with E-state index in [2.05, 4.69) is 44.8 Å². The molecule has 31 heavy (non-hydrogen) atoms. The van der Waals surface area contributed by atoms with Gasteiger partial charge in [0.25, 0.3) is 5.56 Å². The molecule has 6 nitrogen and oxygen atoms in total. The third-order valence-corrected chi connectivity index (χ3v) is 5.53. The Morgan fingerprint density at radius 3 is 2.23 bits per heavy atom. The van der Waals surface area contributed by atoms with E-state index < -0.39 is 11.2 Å². The summed E-state index contributed by atoms with van der Waals surface area (Å²) in [6.07, 6.45) is 0.843. The van der Waals surface area contributed by atoms with Gasteiger partial charge in [-0.1, -0.05) is 82.3 Å². The third kappa shape index (κ3) is 3.98. The molecule has 4 aromatic rings. The van der Waals surface area contributed by atoms with Crippen LogP contribution in [0.1, 0.15) is 45.2 Å². The summed E-state index contributed by atoms with van der Waals surface area (Å²) < 4.78 is 3.48. The van der Waals surface area contributed by atoms with Gasteiger partial charge < -0.3 is 4.57 Å². The summed E-state index contributed by atoms with van der Waals surface area (Å²) in [5, 5.41) is 0. The first-order valence-corrected chi connectivity index (χ1v) is 10.7. The molecule has 0 saturated carbocycles. The van der Waals surface area contributed by atoms with E-state index in [0.29, 0.717) is 30.1 Å². The van der Waals surface area contributed by atoms with Crippen LogP contribution in [0.3, 0.4) is 0 Å². The maximum absolute atomic E-state index is 12.8. The SMILES string of the molecule is CCCn1c(-c2ccc(C(C)(C)C)cc2)nc2c1c(=O)[nH]c(=O)n2Cc1ccccc1. The lowest BCUT2D eigenvalue weighted by Gasteiger charge is -2.19. The highest BCUT2D eigenvalue weighted by Gasteiger charge is 2.20. The normalized spacial score (nSPS) is 11.9. The topological polar surface area (TPSA) is 72.7 Å². The van der Waals surface area contributed by atoms with Crippen molar-refractivity contribution in [3.05, 3.63) is 86.6 Å². The minimum Gasteiger partial charge on any atom is -0.318 e. The van der Waals surface area contributed by atoms with Gasteiger partial charge in [0.1, 0.15) is 5.82 Å². The Labute approximate surface area is 181 Å². The number of aromatic amines is 1. The molecular formula is C25H28N4O2. The quantitative estimate of drug-likeness (QED) is 0.527. The number of nitrogens with one attached hydrogen (secondary N) is 1. The van der Waals surface area contributed by atoms with Crippen molar-refractivity contribution in [2.75, 3.05) is 0 Å². The number of benzene rings is 2. The molecule has 0 unspecified atom stereocenters. The van der Waals surface area contributed by atoms with E-state index in [0.717, 1.165) is 17.5 Å². The molecule has 0 radical (unpaired) electrons. The number of imidazole rings is 1. The molecule has 4 rings (SSSR count). The molecule has 0 aliphatic heterocycles. The zero-order valence-corrected chi connectivity index (χ0v) is 18.5. The van der Waals surface area contributed by atoms with Crippen LogP contribution in [-0.4, -0.2) is 19.1 Å². The van der Waals surface area contributed by atoms with Crippen molar-refractivity contribution in [3.63, 3.8) is 0 Å². The fraction of sp³-hybridized carbons (Fsp3) is 0.320. The first-order chi connectivity index (χ1) is 14.8. The van der Waals surface area contributed by atoms with Crippen LogP contribution in [-0.2, 0) is 18.5 Å². The Balaban J connectivity index is 1.93. The number of fused-ring (bicyclic) bond motifs is 1. The lowest BCUT2D eigenvalue weighted by atomic mass is 9.87. The molecular weight excluding hydrogens is 388 g/mol. The summed E-state index contributed by atoms with van der Waals surface area (Å²) in [5.41, 5.74) is 3.19. The second-order valence-electron chi connectivity index (χ2n) is 8.92. The van der Waals surface area contributed by atoms with E-state index in [4.69, 9.17) is 4.98 Å². The summed E-state index contributed by atoms with van der Waals surface area (Å²) in [6, 6.07) is 18.0. The summed E-state index contributed by atoms with van der Waals surface area (Å²) in [4.78, 5) is 32.8. The second kappa shape index (κ2) is 8.02. The average Bonchev–Trinajstić information content (AvgIpc) is 3.11. The third-order valence-electron chi connectivity index (χ3n) is 5.53. The van der Waals surface area contributed by atoms with E-state index >= 15 is 0 Å². The highest BCUT2D eigenvalue weighted by Crippen LogP contribution is 2.27. The standard InChI is InChI=1S/C25H28N4O2/c1-5-15-28-20-22(26-21(28)18-11-13-19(14-12-18)25(2,3)4)29(24(31)27-23(20)30)16-17-9-7-6-8-10-17/h6-14H,5,15-16H2,1-4H3,(H,27,30,31). The summed E-state index contributed by atoms with van der Waals surface area (Å²) in [5.74, 6) is 0.704. The fourth-order valence-corrected chi connectivity index (χ4v) is 3.87. The Bertz CT molecular complexity index is 1320. The van der Waals surface area contributed by atoms with Crippen molar-refractivity contribution in [3.8, 4) is 11.4 Å². The minimum absolute atomic E-state index is 0.0510. The van der Waals surface area contributed by atoms with Crippen molar-refractivity contribution < 1.29 is 0 Å². The smallest absolute Gasteiger partial charge is 0.318 e. The van der Waals surface area contributed by atoms with Crippen LogP contribution >= 0.6 is 0 Å². The van der Waals surface area contributed by atoms with Gasteiger partial charge in [0, 0.05) is 12.1 Å². The van der Waals surface area contributed by atoms with E-state index in [1.165, 1.54) is 5.56 Å². The molecule has 1 N–H and O–H groups in total. The zero-order chi connectivity index (χ0) is 22.2. The number of hydrogen-bond donors (Lipinski definition) is 1. The van der Waals surface area contributed by atoms with Crippen LogP contribution in [0.15, 0.2) is 64.2 Å². The summed E-state index contributed by atoms with van der Waals surface area (Å²) in [7, 11) is 0.